The van der Waals surface area contributed by atoms with Gasteiger partial charge in [0.1, 0.15) is 5.75 Å². The van der Waals surface area contributed by atoms with Gasteiger partial charge in [0.25, 0.3) is 0 Å². The van der Waals surface area contributed by atoms with Crippen LogP contribution in [0.5, 0.6) is 5.75 Å². The van der Waals surface area contributed by atoms with Crippen molar-refractivity contribution in [1.29, 1.82) is 0 Å². The van der Waals surface area contributed by atoms with E-state index in [1.54, 1.807) is 7.11 Å². The largest absolute Gasteiger partial charge is 0.497 e. The van der Waals surface area contributed by atoms with Crippen molar-refractivity contribution in [2.75, 3.05) is 38.2 Å². The third kappa shape index (κ3) is 4.66. The maximum atomic E-state index is 12.5. The van der Waals surface area contributed by atoms with E-state index in [0.717, 1.165) is 40.7 Å². The van der Waals surface area contributed by atoms with Crippen molar-refractivity contribution in [3.8, 4) is 5.75 Å². The number of ether oxygens (including phenoxy) is 1. The summed E-state index contributed by atoms with van der Waals surface area (Å²) in [7, 11) is 1.64. The van der Waals surface area contributed by atoms with Crippen LogP contribution in [0.2, 0.25) is 5.02 Å². The molecule has 144 valence electrons. The number of piperazine rings is 1. The van der Waals surface area contributed by atoms with Gasteiger partial charge in [-0.05, 0) is 48.7 Å². The number of amides is 2. The highest BCUT2D eigenvalue weighted by molar-refractivity contribution is 6.33. The lowest BCUT2D eigenvalue weighted by Crippen LogP contribution is -2.51. The summed E-state index contributed by atoms with van der Waals surface area (Å²) in [6.07, 6.45) is 0. The van der Waals surface area contributed by atoms with Gasteiger partial charge in [-0.15, -0.1) is 0 Å². The molecule has 1 fully saturated rings. The Labute approximate surface area is 165 Å². The van der Waals surface area contributed by atoms with E-state index in [2.05, 4.69) is 23.2 Å². The summed E-state index contributed by atoms with van der Waals surface area (Å²) in [5.41, 5.74) is 4.47. The van der Waals surface area contributed by atoms with Gasteiger partial charge in [-0.1, -0.05) is 29.8 Å². The molecule has 2 aromatic rings. The van der Waals surface area contributed by atoms with E-state index in [4.69, 9.17) is 16.3 Å². The molecule has 3 rings (SSSR count). The third-order valence-corrected chi connectivity index (χ3v) is 5.17. The van der Waals surface area contributed by atoms with Gasteiger partial charge < -0.3 is 19.9 Å². The van der Waals surface area contributed by atoms with Crippen molar-refractivity contribution in [2.24, 2.45) is 0 Å². The molecular formula is C21H26ClN3O2. The van der Waals surface area contributed by atoms with E-state index in [1.807, 2.05) is 42.2 Å². The number of benzene rings is 2. The summed E-state index contributed by atoms with van der Waals surface area (Å²) in [6, 6.07) is 11.8. The van der Waals surface area contributed by atoms with E-state index in [-0.39, 0.29) is 6.03 Å². The second-order valence-electron chi connectivity index (χ2n) is 6.89. The molecule has 0 unspecified atom stereocenters. The quantitative estimate of drug-likeness (QED) is 0.862. The fourth-order valence-corrected chi connectivity index (χ4v) is 3.92. The number of anilines is 1. The van der Waals surface area contributed by atoms with E-state index >= 15 is 0 Å². The van der Waals surface area contributed by atoms with Gasteiger partial charge in [-0.2, -0.15) is 0 Å². The van der Waals surface area contributed by atoms with Crippen LogP contribution in [0.3, 0.4) is 0 Å². The normalized spacial score (nSPS) is 14.2. The van der Waals surface area contributed by atoms with Gasteiger partial charge in [-0.25, -0.2) is 4.79 Å². The topological polar surface area (TPSA) is 44.8 Å². The van der Waals surface area contributed by atoms with Crippen LogP contribution in [-0.2, 0) is 6.54 Å². The summed E-state index contributed by atoms with van der Waals surface area (Å²) in [6.45, 7) is 7.55. The summed E-state index contributed by atoms with van der Waals surface area (Å²) in [5, 5.41) is 3.77. The lowest BCUT2D eigenvalue weighted by molar-refractivity contribution is 0.194. The van der Waals surface area contributed by atoms with Crippen LogP contribution in [0.4, 0.5) is 10.5 Å². The monoisotopic (exact) mass is 387 g/mol. The van der Waals surface area contributed by atoms with Crippen LogP contribution < -0.4 is 15.0 Å². The summed E-state index contributed by atoms with van der Waals surface area (Å²) >= 11 is 6.46. The number of nitrogens with one attached hydrogen (secondary N) is 1. The van der Waals surface area contributed by atoms with Crippen LogP contribution in [0.15, 0.2) is 36.4 Å². The highest BCUT2D eigenvalue weighted by atomic mass is 35.5. The number of hydrogen-bond acceptors (Lipinski definition) is 3. The Bertz CT molecular complexity index is 777. The van der Waals surface area contributed by atoms with Crippen molar-refractivity contribution in [3.63, 3.8) is 0 Å². The van der Waals surface area contributed by atoms with Crippen LogP contribution in [-0.4, -0.2) is 44.2 Å². The second kappa shape index (κ2) is 8.53. The third-order valence-electron chi connectivity index (χ3n) is 4.88. The molecule has 5 nitrogen and oxygen atoms in total. The van der Waals surface area contributed by atoms with Gasteiger partial charge >= 0.3 is 6.03 Å². The van der Waals surface area contributed by atoms with Gasteiger partial charge in [0.15, 0.2) is 0 Å². The van der Waals surface area contributed by atoms with Crippen molar-refractivity contribution < 1.29 is 9.53 Å². The van der Waals surface area contributed by atoms with Crippen LogP contribution in [0.1, 0.15) is 16.7 Å². The Balaban J connectivity index is 1.53. The molecule has 6 heteroatoms. The average molecular weight is 388 g/mol. The Kier molecular flexibility index (Phi) is 6.11. The molecule has 2 amide bonds. The summed E-state index contributed by atoms with van der Waals surface area (Å²) in [5.74, 6) is 0.811. The number of carbonyl (C=O) groups excluding carboxylic acids is 1. The number of carbonyl (C=O) groups is 1. The van der Waals surface area contributed by atoms with Crippen molar-refractivity contribution in [2.45, 2.75) is 20.4 Å². The predicted octanol–water partition coefficient (Wildman–Crippen LogP) is 4.00. The first-order chi connectivity index (χ1) is 13.0. The Morgan fingerprint density at radius 2 is 1.78 bits per heavy atom. The number of urea groups is 1. The zero-order valence-electron chi connectivity index (χ0n) is 16.1. The van der Waals surface area contributed by atoms with Gasteiger partial charge in [0.05, 0.1) is 17.8 Å². The maximum Gasteiger partial charge on any atom is 0.317 e. The Hall–Kier alpha value is -2.40. The number of rotatable bonds is 4. The Morgan fingerprint density at radius 3 is 2.37 bits per heavy atom. The zero-order chi connectivity index (χ0) is 19.4. The van der Waals surface area contributed by atoms with E-state index in [9.17, 15) is 4.79 Å². The van der Waals surface area contributed by atoms with Crippen LogP contribution in [0, 0.1) is 13.8 Å². The highest BCUT2D eigenvalue weighted by Gasteiger charge is 2.23. The van der Waals surface area contributed by atoms with Gasteiger partial charge in [0.2, 0.25) is 0 Å². The molecule has 2 aromatic carbocycles. The molecule has 0 radical (unpaired) electrons. The molecule has 0 atom stereocenters. The molecule has 0 saturated carbocycles. The number of hydrogen-bond donors (Lipinski definition) is 1. The Morgan fingerprint density at radius 1 is 1.11 bits per heavy atom. The fraction of sp³-hybridized carbons (Fsp3) is 0.381. The van der Waals surface area contributed by atoms with Crippen molar-refractivity contribution in [3.05, 3.63) is 58.1 Å². The molecule has 1 aliphatic rings. The highest BCUT2D eigenvalue weighted by Crippen LogP contribution is 2.31. The van der Waals surface area contributed by atoms with Gasteiger partial charge in [-0.3, -0.25) is 0 Å². The summed E-state index contributed by atoms with van der Waals surface area (Å²) < 4.78 is 5.15. The molecule has 0 bridgehead atoms. The molecule has 0 aromatic heterocycles. The maximum absolute atomic E-state index is 12.5. The molecule has 1 aliphatic heterocycles. The van der Waals surface area contributed by atoms with E-state index in [0.29, 0.717) is 19.6 Å². The molecule has 1 saturated heterocycles. The smallest absolute Gasteiger partial charge is 0.317 e. The minimum atomic E-state index is -0.0304. The van der Waals surface area contributed by atoms with Gasteiger partial charge in [0, 0.05) is 32.7 Å². The number of nitrogens with zero attached hydrogens (tertiary/aromatic N) is 2. The number of methoxy groups -OCH3 is 1. The first-order valence-electron chi connectivity index (χ1n) is 9.15. The molecule has 1 heterocycles. The first kappa shape index (κ1) is 19.4. The minimum Gasteiger partial charge on any atom is -0.497 e. The number of aryl methyl sites for hydroxylation is 2. The van der Waals surface area contributed by atoms with E-state index < -0.39 is 0 Å². The van der Waals surface area contributed by atoms with Crippen molar-refractivity contribution in [1.82, 2.24) is 10.2 Å². The number of halogens is 1. The second-order valence-corrected chi connectivity index (χ2v) is 7.30. The lowest BCUT2D eigenvalue weighted by atomic mass is 10.1. The van der Waals surface area contributed by atoms with E-state index in [1.165, 1.54) is 5.56 Å². The molecule has 0 aliphatic carbocycles. The van der Waals surface area contributed by atoms with Crippen LogP contribution in [0.25, 0.3) is 0 Å². The predicted molar refractivity (Wildman–Crippen MR) is 110 cm³/mol. The SMILES string of the molecule is COc1ccc(CNC(=O)N2CCN(c3c(C)cc(C)cc3Cl)CC2)cc1. The summed E-state index contributed by atoms with van der Waals surface area (Å²) in [4.78, 5) is 16.6. The standard InChI is InChI=1S/C21H26ClN3O2/c1-15-12-16(2)20(19(22)13-15)24-8-10-25(11-9-24)21(26)23-14-17-4-6-18(27-3)7-5-17/h4-7,12-13H,8-11,14H2,1-3H3,(H,23,26). The minimum absolute atomic E-state index is 0.0304. The average Bonchev–Trinajstić information content (AvgIpc) is 2.66. The zero-order valence-corrected chi connectivity index (χ0v) is 16.8. The van der Waals surface area contributed by atoms with Crippen molar-refractivity contribution >= 4 is 23.3 Å². The van der Waals surface area contributed by atoms with Crippen LogP contribution >= 0.6 is 11.6 Å². The molecule has 27 heavy (non-hydrogen) atoms. The first-order valence-corrected chi connectivity index (χ1v) is 9.53. The lowest BCUT2D eigenvalue weighted by Gasteiger charge is -2.37. The molecule has 1 N–H and O–H groups in total. The molecule has 0 spiro atoms. The molecular weight excluding hydrogens is 362 g/mol. The fourth-order valence-electron chi connectivity index (χ4n) is 3.47.